The Bertz CT molecular complexity index is 2300. The van der Waals surface area contributed by atoms with Crippen molar-refractivity contribution in [3.8, 4) is 0 Å². The standard InChI is InChI=1S/C51H50N2/c1-4-14-33(15-5-1)38-26-29-46-52-45(32-53(46)31-38)37-21-12-20-36(30-37)39-27-28-44-49-40(39)24-13-25-43(49)50-47(34-16-6-2-7-17-34)41-22-10-11-23-42(41)48(51(44)50)35-18-8-3-9-19-35/h2-4,6,8,10-16,18,20-29,37-38,40,45-46,49-52H,1,5,7,9,17,19,30-32H2. The number of rotatable bonds is 5. The van der Waals surface area contributed by atoms with Gasteiger partial charge in [-0.05, 0) is 100 Å². The smallest absolute Gasteiger partial charge is 0.0793 e. The molecule has 2 aliphatic heterocycles. The second-order valence-electron chi connectivity index (χ2n) is 16.8. The summed E-state index contributed by atoms with van der Waals surface area (Å²) < 4.78 is 0. The molecular weight excluding hydrogens is 641 g/mol. The van der Waals surface area contributed by atoms with Crippen molar-refractivity contribution in [3.05, 3.63) is 189 Å². The van der Waals surface area contributed by atoms with Crippen molar-refractivity contribution in [1.82, 2.24) is 10.2 Å². The van der Waals surface area contributed by atoms with Crippen molar-refractivity contribution in [2.75, 3.05) is 13.1 Å². The molecule has 0 spiro atoms. The minimum absolute atomic E-state index is 0.354. The Kier molecular flexibility index (Phi) is 7.91. The van der Waals surface area contributed by atoms with Crippen LogP contribution >= 0.6 is 0 Å². The van der Waals surface area contributed by atoms with Crippen LogP contribution in [0.4, 0.5) is 0 Å². The fourth-order valence-electron chi connectivity index (χ4n) is 11.7. The van der Waals surface area contributed by atoms with Gasteiger partial charge >= 0.3 is 0 Å². The SMILES string of the molecule is C1=CCCC(C2=c3ccccc3=C(C3=CC=CCC3)C3C4=CC=C(C5=CC=CC(C6CN7CC(C8=CCCC=C8)C=CC7N6)C5)C5C=CC=C(C45)C23)=C1. The Balaban J connectivity index is 0.931. The zero-order valence-electron chi connectivity index (χ0n) is 30.7. The maximum atomic E-state index is 4.05. The molecule has 2 fully saturated rings. The summed E-state index contributed by atoms with van der Waals surface area (Å²) in [5, 5.41) is 6.99. The Morgan fingerprint density at radius 2 is 1.34 bits per heavy atom. The number of nitrogens with one attached hydrogen (secondary N) is 1. The largest absolute Gasteiger partial charge is 0.294 e. The highest BCUT2D eigenvalue weighted by molar-refractivity contribution is 5.85. The molecule has 0 amide bonds. The molecule has 8 aliphatic carbocycles. The monoisotopic (exact) mass is 690 g/mol. The highest BCUT2D eigenvalue weighted by Crippen LogP contribution is 2.62. The van der Waals surface area contributed by atoms with Crippen LogP contribution in [0.25, 0.3) is 11.1 Å². The first-order chi connectivity index (χ1) is 26.3. The Labute approximate surface area is 315 Å². The molecule has 2 heteroatoms. The van der Waals surface area contributed by atoms with Gasteiger partial charge in [-0.3, -0.25) is 10.2 Å². The Morgan fingerprint density at radius 3 is 2.06 bits per heavy atom. The molecule has 0 aromatic heterocycles. The lowest BCUT2D eigenvalue weighted by Gasteiger charge is -2.35. The van der Waals surface area contributed by atoms with Gasteiger partial charge in [-0.1, -0.05) is 151 Å². The van der Waals surface area contributed by atoms with Gasteiger partial charge < -0.3 is 0 Å². The summed E-state index contributed by atoms with van der Waals surface area (Å²) in [6, 6.07) is 9.87. The van der Waals surface area contributed by atoms with Crippen molar-refractivity contribution >= 4 is 11.1 Å². The molecule has 1 aromatic rings. The Morgan fingerprint density at radius 1 is 0.604 bits per heavy atom. The van der Waals surface area contributed by atoms with Gasteiger partial charge in [0.05, 0.1) is 6.17 Å². The van der Waals surface area contributed by atoms with Crippen molar-refractivity contribution < 1.29 is 0 Å². The first-order valence-corrected chi connectivity index (χ1v) is 20.6. The fraction of sp³-hybridized carbons (Fsp3) is 0.333. The van der Waals surface area contributed by atoms with Crippen LogP contribution in [-0.2, 0) is 0 Å². The second kappa shape index (κ2) is 13.1. The van der Waals surface area contributed by atoms with Crippen LogP contribution in [0.1, 0.15) is 44.9 Å². The third kappa shape index (κ3) is 5.28. The molecule has 10 aliphatic rings. The highest BCUT2D eigenvalue weighted by Gasteiger charge is 2.52. The molecule has 2 heterocycles. The van der Waals surface area contributed by atoms with Crippen LogP contribution in [0.15, 0.2) is 179 Å². The average molecular weight is 691 g/mol. The highest BCUT2D eigenvalue weighted by atomic mass is 15.3. The summed E-state index contributed by atoms with van der Waals surface area (Å²) in [5.74, 6) is 2.57. The van der Waals surface area contributed by atoms with E-state index < -0.39 is 0 Å². The van der Waals surface area contributed by atoms with E-state index in [-0.39, 0.29) is 0 Å². The van der Waals surface area contributed by atoms with E-state index in [1.807, 2.05) is 0 Å². The minimum atomic E-state index is 0.354. The molecule has 1 aromatic carbocycles. The zero-order chi connectivity index (χ0) is 34.9. The molecule has 53 heavy (non-hydrogen) atoms. The number of hydrogen-bond donors (Lipinski definition) is 1. The molecular formula is C51H50N2. The lowest BCUT2D eigenvalue weighted by molar-refractivity contribution is 0.248. The normalized spacial score (nSPS) is 35.0. The number of allylic oxidation sites excluding steroid dienone is 22. The van der Waals surface area contributed by atoms with Gasteiger partial charge in [-0.25, -0.2) is 0 Å². The molecule has 1 N–H and O–H groups in total. The van der Waals surface area contributed by atoms with Crippen LogP contribution in [0.5, 0.6) is 0 Å². The van der Waals surface area contributed by atoms with Gasteiger partial charge in [0.15, 0.2) is 0 Å². The molecule has 1 saturated carbocycles. The van der Waals surface area contributed by atoms with Crippen LogP contribution < -0.4 is 15.8 Å². The number of fused-ring (bicyclic) bond motifs is 5. The van der Waals surface area contributed by atoms with Gasteiger partial charge in [-0.15, -0.1) is 0 Å². The van der Waals surface area contributed by atoms with E-state index in [0.29, 0.717) is 47.7 Å². The fourth-order valence-corrected chi connectivity index (χ4v) is 11.7. The summed E-state index contributed by atoms with van der Waals surface area (Å²) in [4.78, 5) is 2.69. The molecule has 8 atom stereocenters. The summed E-state index contributed by atoms with van der Waals surface area (Å²) in [6.07, 6.45) is 54.5. The molecule has 8 unspecified atom stereocenters. The molecule has 0 bridgehead atoms. The van der Waals surface area contributed by atoms with E-state index in [2.05, 4.69) is 150 Å². The number of nitrogens with zero attached hydrogens (tertiary/aromatic N) is 1. The summed E-state index contributed by atoms with van der Waals surface area (Å²) in [6.45, 7) is 2.23. The predicted octanol–water partition coefficient (Wildman–Crippen LogP) is 8.96. The van der Waals surface area contributed by atoms with E-state index in [1.54, 1.807) is 39.0 Å². The van der Waals surface area contributed by atoms with Crippen LogP contribution in [0.3, 0.4) is 0 Å². The molecule has 264 valence electrons. The minimum Gasteiger partial charge on any atom is -0.294 e. The lowest BCUT2D eigenvalue weighted by atomic mass is 9.69. The maximum absolute atomic E-state index is 4.05. The van der Waals surface area contributed by atoms with Crippen LogP contribution in [-0.4, -0.2) is 30.2 Å². The zero-order valence-corrected chi connectivity index (χ0v) is 30.7. The van der Waals surface area contributed by atoms with E-state index in [1.165, 1.54) is 34.4 Å². The van der Waals surface area contributed by atoms with E-state index in [9.17, 15) is 0 Å². The third-order valence-corrected chi connectivity index (χ3v) is 14.0. The van der Waals surface area contributed by atoms with E-state index in [4.69, 9.17) is 0 Å². The lowest BCUT2D eigenvalue weighted by Crippen LogP contribution is -2.41. The van der Waals surface area contributed by atoms with E-state index >= 15 is 0 Å². The molecule has 0 radical (unpaired) electrons. The molecule has 1 saturated heterocycles. The third-order valence-electron chi connectivity index (χ3n) is 14.0. The van der Waals surface area contributed by atoms with Crippen molar-refractivity contribution in [1.29, 1.82) is 0 Å². The molecule has 2 nitrogen and oxygen atoms in total. The summed E-state index contributed by atoms with van der Waals surface area (Å²) in [5.41, 5.74) is 14.2. The molecule has 11 rings (SSSR count). The average Bonchev–Trinajstić information content (AvgIpc) is 3.81. The second-order valence-corrected chi connectivity index (χ2v) is 16.8. The van der Waals surface area contributed by atoms with Crippen molar-refractivity contribution in [2.45, 2.75) is 57.2 Å². The maximum Gasteiger partial charge on any atom is 0.0793 e. The van der Waals surface area contributed by atoms with Gasteiger partial charge in [-0.2, -0.15) is 0 Å². The first kappa shape index (κ1) is 32.0. The number of benzene rings is 1. The van der Waals surface area contributed by atoms with Gasteiger partial charge in [0, 0.05) is 48.7 Å². The summed E-state index contributed by atoms with van der Waals surface area (Å²) >= 11 is 0. The van der Waals surface area contributed by atoms with E-state index in [0.717, 1.165) is 45.2 Å². The van der Waals surface area contributed by atoms with Crippen molar-refractivity contribution in [2.24, 2.45) is 35.5 Å². The van der Waals surface area contributed by atoms with Crippen LogP contribution in [0, 0.1) is 35.5 Å². The quantitative estimate of drug-likeness (QED) is 0.311. The number of hydrogen-bond acceptors (Lipinski definition) is 2. The van der Waals surface area contributed by atoms with Gasteiger partial charge in [0.25, 0.3) is 0 Å². The van der Waals surface area contributed by atoms with Gasteiger partial charge in [0.1, 0.15) is 0 Å². The predicted molar refractivity (Wildman–Crippen MR) is 219 cm³/mol. The topological polar surface area (TPSA) is 15.3 Å². The van der Waals surface area contributed by atoms with Crippen LogP contribution in [0.2, 0.25) is 0 Å². The summed E-state index contributed by atoms with van der Waals surface area (Å²) in [7, 11) is 0. The Hall–Kier alpha value is -4.50. The van der Waals surface area contributed by atoms with Crippen molar-refractivity contribution in [3.63, 3.8) is 0 Å². The van der Waals surface area contributed by atoms with Gasteiger partial charge in [0.2, 0.25) is 0 Å². The first-order valence-electron chi connectivity index (χ1n) is 20.6.